The van der Waals surface area contributed by atoms with Crippen molar-refractivity contribution in [3.63, 3.8) is 0 Å². The number of aliphatic carboxylic acids is 1. The SMILES string of the molecule is CC(=O)c1ccccc1[C@@](O)(Cl)C(=O)O. The van der Waals surface area contributed by atoms with Gasteiger partial charge in [0, 0.05) is 11.1 Å². The first-order valence-corrected chi connectivity index (χ1v) is 4.50. The summed E-state index contributed by atoms with van der Waals surface area (Å²) in [5.74, 6) is -1.97. The fourth-order valence-corrected chi connectivity index (χ4v) is 1.36. The molecule has 1 atom stereocenters. The lowest BCUT2D eigenvalue weighted by Crippen LogP contribution is -2.30. The average molecular weight is 229 g/mol. The highest BCUT2D eigenvalue weighted by atomic mass is 35.5. The summed E-state index contributed by atoms with van der Waals surface area (Å²) in [6, 6.07) is 5.78. The van der Waals surface area contributed by atoms with Crippen LogP contribution in [0, 0.1) is 0 Å². The number of carboxylic acids is 1. The van der Waals surface area contributed by atoms with Crippen LogP contribution in [0.5, 0.6) is 0 Å². The number of alkyl halides is 1. The van der Waals surface area contributed by atoms with Crippen LogP contribution in [-0.4, -0.2) is 22.0 Å². The Kier molecular flexibility index (Phi) is 3.12. The molecule has 0 spiro atoms. The van der Waals surface area contributed by atoms with E-state index in [4.69, 9.17) is 16.7 Å². The summed E-state index contributed by atoms with van der Waals surface area (Å²) in [6.45, 7) is 1.27. The van der Waals surface area contributed by atoms with Gasteiger partial charge in [-0.3, -0.25) is 4.79 Å². The van der Waals surface area contributed by atoms with Gasteiger partial charge in [0.05, 0.1) is 0 Å². The highest BCUT2D eigenvalue weighted by Gasteiger charge is 2.38. The van der Waals surface area contributed by atoms with E-state index < -0.39 is 11.0 Å². The van der Waals surface area contributed by atoms with Crippen molar-refractivity contribution in [2.75, 3.05) is 0 Å². The molecule has 0 unspecified atom stereocenters. The molecule has 5 heteroatoms. The number of ketones is 1. The topological polar surface area (TPSA) is 74.6 Å². The van der Waals surface area contributed by atoms with E-state index in [2.05, 4.69) is 0 Å². The molecule has 0 radical (unpaired) electrons. The Bertz CT molecular complexity index is 412. The predicted molar refractivity (Wildman–Crippen MR) is 53.8 cm³/mol. The summed E-state index contributed by atoms with van der Waals surface area (Å²) < 4.78 is 0. The second-order valence-corrected chi connectivity index (χ2v) is 3.58. The van der Waals surface area contributed by atoms with Crippen molar-refractivity contribution in [3.05, 3.63) is 35.4 Å². The Morgan fingerprint density at radius 3 is 2.33 bits per heavy atom. The van der Waals surface area contributed by atoms with Crippen LogP contribution in [0.3, 0.4) is 0 Å². The summed E-state index contributed by atoms with van der Waals surface area (Å²) in [4.78, 5) is 21.9. The minimum absolute atomic E-state index is 0.0948. The van der Waals surface area contributed by atoms with Gasteiger partial charge in [0.25, 0.3) is 5.06 Å². The maximum absolute atomic E-state index is 11.2. The summed E-state index contributed by atoms with van der Waals surface area (Å²) in [5.41, 5.74) is -0.0240. The van der Waals surface area contributed by atoms with Crippen LogP contribution in [0.2, 0.25) is 0 Å². The largest absolute Gasteiger partial charge is 0.478 e. The van der Waals surface area contributed by atoms with Crippen molar-refractivity contribution in [3.8, 4) is 0 Å². The maximum atomic E-state index is 11.2. The maximum Gasteiger partial charge on any atom is 0.356 e. The molecule has 1 aromatic rings. The molecule has 0 aliphatic heterocycles. The summed E-state index contributed by atoms with van der Waals surface area (Å²) in [6.07, 6.45) is 0. The zero-order chi connectivity index (χ0) is 11.6. The van der Waals surface area contributed by atoms with E-state index in [0.717, 1.165) is 0 Å². The first kappa shape index (κ1) is 11.7. The van der Waals surface area contributed by atoms with Crippen LogP contribution in [0.15, 0.2) is 24.3 Å². The molecule has 0 aliphatic carbocycles. The number of aliphatic hydroxyl groups is 1. The number of Topliss-reactive ketones (excluding diaryl/α,β-unsaturated/α-hetero) is 1. The molecule has 15 heavy (non-hydrogen) atoms. The molecule has 0 aliphatic rings. The minimum atomic E-state index is -2.57. The first-order chi connectivity index (χ1) is 6.87. The number of hydrogen-bond acceptors (Lipinski definition) is 3. The van der Waals surface area contributed by atoms with Crippen molar-refractivity contribution in [1.82, 2.24) is 0 Å². The zero-order valence-electron chi connectivity index (χ0n) is 7.90. The molecule has 1 aromatic carbocycles. The Morgan fingerprint density at radius 2 is 1.87 bits per heavy atom. The number of benzene rings is 1. The Balaban J connectivity index is 3.37. The van der Waals surface area contributed by atoms with Crippen molar-refractivity contribution in [1.29, 1.82) is 0 Å². The number of hydrogen-bond donors (Lipinski definition) is 2. The molecule has 0 aromatic heterocycles. The van der Waals surface area contributed by atoms with Gasteiger partial charge in [0.1, 0.15) is 0 Å². The molecule has 0 heterocycles. The van der Waals surface area contributed by atoms with Crippen LogP contribution in [0.25, 0.3) is 0 Å². The van der Waals surface area contributed by atoms with Crippen LogP contribution >= 0.6 is 11.6 Å². The zero-order valence-corrected chi connectivity index (χ0v) is 8.65. The van der Waals surface area contributed by atoms with Gasteiger partial charge in [-0.25, -0.2) is 4.79 Å². The quantitative estimate of drug-likeness (QED) is 0.605. The standard InChI is InChI=1S/C10H9ClO4/c1-6(12)7-4-2-3-5-8(7)10(11,15)9(13)14/h2-5,15H,1H3,(H,13,14)/t10-/m0/s1. The van der Waals surface area contributed by atoms with E-state index >= 15 is 0 Å². The molecule has 0 saturated carbocycles. The first-order valence-electron chi connectivity index (χ1n) is 4.12. The van der Waals surface area contributed by atoms with Crippen molar-refractivity contribution in [2.24, 2.45) is 0 Å². The summed E-state index contributed by atoms with van der Waals surface area (Å²) in [5, 5.41) is 15.6. The van der Waals surface area contributed by atoms with Gasteiger partial charge < -0.3 is 10.2 Å². The van der Waals surface area contributed by atoms with Crippen molar-refractivity contribution in [2.45, 2.75) is 12.0 Å². The third-order valence-corrected chi connectivity index (χ3v) is 2.31. The van der Waals surface area contributed by atoms with Crippen LogP contribution < -0.4 is 0 Å². The van der Waals surface area contributed by atoms with Crippen LogP contribution in [0.1, 0.15) is 22.8 Å². The Morgan fingerprint density at radius 1 is 1.33 bits per heavy atom. The number of carbonyl (C=O) groups is 2. The van der Waals surface area contributed by atoms with Gasteiger partial charge in [-0.15, -0.1) is 0 Å². The molecular formula is C10H9ClO4. The molecule has 4 nitrogen and oxygen atoms in total. The lowest BCUT2D eigenvalue weighted by Gasteiger charge is -2.18. The number of halogens is 1. The molecule has 0 fully saturated rings. The molecule has 1 rings (SSSR count). The minimum Gasteiger partial charge on any atom is -0.478 e. The van der Waals surface area contributed by atoms with Crippen LogP contribution in [0.4, 0.5) is 0 Å². The molecule has 0 bridgehead atoms. The highest BCUT2D eigenvalue weighted by Crippen LogP contribution is 2.29. The fourth-order valence-electron chi connectivity index (χ4n) is 1.19. The smallest absolute Gasteiger partial charge is 0.356 e. The number of carboxylic acid groups (broad SMARTS) is 1. The molecule has 2 N–H and O–H groups in total. The van der Waals surface area contributed by atoms with Crippen molar-refractivity contribution >= 4 is 23.4 Å². The second kappa shape index (κ2) is 4.00. The Hall–Kier alpha value is -1.39. The molecular weight excluding hydrogens is 220 g/mol. The molecule has 0 saturated heterocycles. The normalized spacial score (nSPS) is 14.3. The third-order valence-electron chi connectivity index (χ3n) is 1.95. The average Bonchev–Trinajstić information content (AvgIpc) is 2.17. The highest BCUT2D eigenvalue weighted by molar-refractivity contribution is 6.32. The van der Waals surface area contributed by atoms with Gasteiger partial charge in [-0.1, -0.05) is 35.9 Å². The number of rotatable bonds is 3. The molecule has 80 valence electrons. The van der Waals surface area contributed by atoms with E-state index in [1.807, 2.05) is 0 Å². The summed E-state index contributed by atoms with van der Waals surface area (Å²) in [7, 11) is 0. The van der Waals surface area contributed by atoms with Crippen LogP contribution in [-0.2, 0) is 9.85 Å². The van der Waals surface area contributed by atoms with E-state index in [1.165, 1.54) is 25.1 Å². The van der Waals surface area contributed by atoms with E-state index in [-0.39, 0.29) is 16.9 Å². The number of carbonyl (C=O) groups excluding carboxylic acids is 1. The van der Waals surface area contributed by atoms with E-state index in [9.17, 15) is 14.7 Å². The second-order valence-electron chi connectivity index (χ2n) is 3.03. The lowest BCUT2D eigenvalue weighted by atomic mass is 9.99. The van der Waals surface area contributed by atoms with Gasteiger partial charge in [-0.2, -0.15) is 0 Å². The summed E-state index contributed by atoms with van der Waals surface area (Å²) >= 11 is 5.45. The predicted octanol–water partition coefficient (Wildman–Crippen LogP) is 1.36. The monoisotopic (exact) mass is 228 g/mol. The van der Waals surface area contributed by atoms with Gasteiger partial charge in [0.2, 0.25) is 0 Å². The fraction of sp³-hybridized carbons (Fsp3) is 0.200. The van der Waals surface area contributed by atoms with Gasteiger partial charge >= 0.3 is 5.97 Å². The van der Waals surface area contributed by atoms with Gasteiger partial charge in [-0.05, 0) is 6.92 Å². The van der Waals surface area contributed by atoms with Gasteiger partial charge in [0.15, 0.2) is 5.78 Å². The Labute approximate surface area is 91.1 Å². The van der Waals surface area contributed by atoms with E-state index in [1.54, 1.807) is 6.07 Å². The van der Waals surface area contributed by atoms with Crippen molar-refractivity contribution < 1.29 is 19.8 Å². The molecule has 0 amide bonds. The lowest BCUT2D eigenvalue weighted by molar-refractivity contribution is -0.150. The third kappa shape index (κ3) is 2.16. The van der Waals surface area contributed by atoms with E-state index in [0.29, 0.717) is 0 Å².